The lowest BCUT2D eigenvalue weighted by molar-refractivity contribution is 0.688. The first-order valence-electron chi connectivity index (χ1n) is 5.73. The van der Waals surface area contributed by atoms with Crippen molar-refractivity contribution in [1.82, 2.24) is 24.8 Å². The Hall–Kier alpha value is -1.69. The normalized spacial score (nSPS) is 12.9. The van der Waals surface area contributed by atoms with Gasteiger partial charge in [-0.15, -0.1) is 5.10 Å². The topological polar surface area (TPSA) is 74.6 Å². The minimum Gasteiger partial charge on any atom is -0.324 e. The van der Waals surface area contributed by atoms with Gasteiger partial charge in [0, 0.05) is 44.5 Å². The predicted octanol–water partition coefficient (Wildman–Crippen LogP) is 0.353. The Balaban J connectivity index is 2.16. The summed E-state index contributed by atoms with van der Waals surface area (Å²) in [4.78, 5) is 0. The van der Waals surface area contributed by atoms with Crippen LogP contribution >= 0.6 is 0 Å². The maximum absolute atomic E-state index is 6.20. The monoisotopic (exact) mass is 234 g/mol. The Labute approximate surface area is 100 Å². The van der Waals surface area contributed by atoms with Crippen LogP contribution in [0.15, 0.2) is 12.4 Å². The van der Waals surface area contributed by atoms with Gasteiger partial charge in [-0.1, -0.05) is 12.1 Å². The van der Waals surface area contributed by atoms with Gasteiger partial charge in [-0.2, -0.15) is 5.10 Å². The summed E-state index contributed by atoms with van der Waals surface area (Å²) in [5.74, 6) is 0. The fourth-order valence-corrected chi connectivity index (χ4v) is 1.96. The van der Waals surface area contributed by atoms with Crippen molar-refractivity contribution in [2.75, 3.05) is 0 Å². The number of hydrogen-bond acceptors (Lipinski definition) is 4. The van der Waals surface area contributed by atoms with Crippen molar-refractivity contribution in [2.45, 2.75) is 25.8 Å². The molecule has 2 rings (SSSR count). The van der Waals surface area contributed by atoms with Crippen LogP contribution in [-0.4, -0.2) is 24.8 Å². The van der Waals surface area contributed by atoms with Crippen LogP contribution in [-0.2, 0) is 26.9 Å². The number of aryl methyl sites for hydroxylation is 3. The van der Waals surface area contributed by atoms with Gasteiger partial charge in [0.2, 0.25) is 0 Å². The van der Waals surface area contributed by atoms with Crippen LogP contribution in [0.25, 0.3) is 0 Å². The van der Waals surface area contributed by atoms with E-state index in [4.69, 9.17) is 5.73 Å². The van der Waals surface area contributed by atoms with E-state index >= 15 is 0 Å². The maximum Gasteiger partial charge on any atom is 0.0845 e. The molecule has 2 aromatic rings. The quantitative estimate of drug-likeness (QED) is 0.828. The number of aromatic nitrogens is 5. The van der Waals surface area contributed by atoms with Gasteiger partial charge in [0.1, 0.15) is 0 Å². The summed E-state index contributed by atoms with van der Waals surface area (Å²) in [5, 5.41) is 12.3. The van der Waals surface area contributed by atoms with Crippen molar-refractivity contribution in [1.29, 1.82) is 0 Å². The zero-order valence-corrected chi connectivity index (χ0v) is 10.5. The second-order valence-corrected chi connectivity index (χ2v) is 4.25. The number of hydrogen-bond donors (Lipinski definition) is 1. The molecule has 2 heterocycles. The van der Waals surface area contributed by atoms with Gasteiger partial charge in [0.05, 0.1) is 11.4 Å². The van der Waals surface area contributed by atoms with Gasteiger partial charge in [0.15, 0.2) is 0 Å². The Kier molecular flexibility index (Phi) is 3.23. The zero-order valence-electron chi connectivity index (χ0n) is 10.5. The van der Waals surface area contributed by atoms with Crippen molar-refractivity contribution in [3.63, 3.8) is 0 Å². The molecule has 0 aliphatic heterocycles. The Bertz CT molecular complexity index is 498. The third-order valence-corrected chi connectivity index (χ3v) is 2.75. The minimum atomic E-state index is -0.0738. The van der Waals surface area contributed by atoms with E-state index in [1.165, 1.54) is 0 Å². The van der Waals surface area contributed by atoms with Crippen molar-refractivity contribution < 1.29 is 0 Å². The summed E-state index contributed by atoms with van der Waals surface area (Å²) >= 11 is 0. The van der Waals surface area contributed by atoms with E-state index in [9.17, 15) is 0 Å². The highest BCUT2D eigenvalue weighted by Crippen LogP contribution is 2.18. The lowest BCUT2D eigenvalue weighted by atomic mass is 10.0. The molecular weight excluding hydrogens is 216 g/mol. The molecule has 2 N–H and O–H groups in total. The summed E-state index contributed by atoms with van der Waals surface area (Å²) in [6, 6.07) is -0.0738. The summed E-state index contributed by atoms with van der Waals surface area (Å²) in [6.45, 7) is 2.08. The van der Waals surface area contributed by atoms with Gasteiger partial charge in [-0.3, -0.25) is 9.36 Å². The maximum atomic E-state index is 6.20. The number of nitrogens with zero attached hydrogens (tertiary/aromatic N) is 5. The molecule has 1 atom stereocenters. The molecule has 0 fully saturated rings. The first-order chi connectivity index (χ1) is 8.10. The summed E-state index contributed by atoms with van der Waals surface area (Å²) in [7, 11) is 3.77. The van der Waals surface area contributed by atoms with Crippen LogP contribution in [0.5, 0.6) is 0 Å². The summed E-state index contributed by atoms with van der Waals surface area (Å²) < 4.78 is 3.50. The van der Waals surface area contributed by atoms with E-state index < -0.39 is 0 Å². The number of rotatable bonds is 4. The molecule has 1 unspecified atom stereocenters. The molecule has 6 heteroatoms. The van der Waals surface area contributed by atoms with Crippen LogP contribution < -0.4 is 5.73 Å². The lowest BCUT2D eigenvalue weighted by Gasteiger charge is -2.08. The fourth-order valence-electron chi connectivity index (χ4n) is 1.96. The highest BCUT2D eigenvalue weighted by molar-refractivity contribution is 5.22. The molecule has 0 aliphatic carbocycles. The van der Waals surface area contributed by atoms with Gasteiger partial charge < -0.3 is 5.73 Å². The minimum absolute atomic E-state index is 0.0738. The fraction of sp³-hybridized carbons (Fsp3) is 0.545. The van der Waals surface area contributed by atoms with Gasteiger partial charge >= 0.3 is 0 Å². The smallest absolute Gasteiger partial charge is 0.0845 e. The largest absolute Gasteiger partial charge is 0.324 e. The molecule has 0 saturated carbocycles. The zero-order chi connectivity index (χ0) is 12.4. The van der Waals surface area contributed by atoms with Crippen LogP contribution in [0.4, 0.5) is 0 Å². The molecule has 17 heavy (non-hydrogen) atoms. The Morgan fingerprint density at radius 3 is 2.65 bits per heavy atom. The van der Waals surface area contributed by atoms with Crippen LogP contribution in [0.2, 0.25) is 0 Å². The first kappa shape index (κ1) is 11.8. The SMILES string of the molecule is CCc1nn(C)cc1C(N)Cc1cn(C)nn1. The van der Waals surface area contributed by atoms with Crippen LogP contribution in [0.3, 0.4) is 0 Å². The molecule has 0 aliphatic rings. The highest BCUT2D eigenvalue weighted by Gasteiger charge is 2.15. The van der Waals surface area contributed by atoms with E-state index in [2.05, 4.69) is 22.3 Å². The lowest BCUT2D eigenvalue weighted by Crippen LogP contribution is -2.14. The molecular formula is C11H18N6. The van der Waals surface area contributed by atoms with E-state index in [1.54, 1.807) is 4.68 Å². The van der Waals surface area contributed by atoms with E-state index in [0.29, 0.717) is 6.42 Å². The first-order valence-corrected chi connectivity index (χ1v) is 5.73. The Morgan fingerprint density at radius 2 is 2.06 bits per heavy atom. The van der Waals surface area contributed by atoms with E-state index in [1.807, 2.05) is 31.2 Å². The molecule has 92 valence electrons. The van der Waals surface area contributed by atoms with Crippen molar-refractivity contribution >= 4 is 0 Å². The number of nitrogens with two attached hydrogens (primary N) is 1. The third-order valence-electron chi connectivity index (χ3n) is 2.75. The molecule has 0 aromatic carbocycles. The average molecular weight is 234 g/mol. The molecule has 0 amide bonds. The van der Waals surface area contributed by atoms with Gasteiger partial charge in [0.25, 0.3) is 0 Å². The predicted molar refractivity (Wildman–Crippen MR) is 64.2 cm³/mol. The van der Waals surface area contributed by atoms with Crippen LogP contribution in [0.1, 0.15) is 29.9 Å². The molecule has 6 nitrogen and oxygen atoms in total. The van der Waals surface area contributed by atoms with Gasteiger partial charge in [-0.25, -0.2) is 0 Å². The Morgan fingerprint density at radius 1 is 1.29 bits per heavy atom. The highest BCUT2D eigenvalue weighted by atomic mass is 15.4. The second kappa shape index (κ2) is 4.67. The van der Waals surface area contributed by atoms with Crippen molar-refractivity contribution in [3.8, 4) is 0 Å². The summed E-state index contributed by atoms with van der Waals surface area (Å²) in [6.07, 6.45) is 5.46. The van der Waals surface area contributed by atoms with Crippen molar-refractivity contribution in [3.05, 3.63) is 29.3 Å². The molecule has 2 aromatic heterocycles. The van der Waals surface area contributed by atoms with Crippen molar-refractivity contribution in [2.24, 2.45) is 19.8 Å². The second-order valence-electron chi connectivity index (χ2n) is 4.25. The third kappa shape index (κ3) is 2.52. The molecule has 0 spiro atoms. The standard InChI is InChI=1S/C11H18N6/c1-4-11-9(7-16(2)14-11)10(12)5-8-6-17(3)15-13-8/h6-7,10H,4-5,12H2,1-3H3. The molecule has 0 bridgehead atoms. The van der Waals surface area contributed by atoms with Gasteiger partial charge in [-0.05, 0) is 6.42 Å². The van der Waals surface area contributed by atoms with E-state index in [-0.39, 0.29) is 6.04 Å². The average Bonchev–Trinajstić information content (AvgIpc) is 2.84. The summed E-state index contributed by atoms with van der Waals surface area (Å²) in [5.41, 5.74) is 9.26. The van der Waals surface area contributed by atoms with Crippen LogP contribution in [0, 0.1) is 0 Å². The molecule has 0 radical (unpaired) electrons. The molecule has 0 saturated heterocycles. The van der Waals surface area contributed by atoms with E-state index in [0.717, 1.165) is 23.4 Å².